The molecule has 17 heavy (non-hydrogen) atoms. The molecule has 0 aromatic carbocycles. The predicted octanol–water partition coefficient (Wildman–Crippen LogP) is -0.410. The molecule has 1 amide bonds. The van der Waals surface area contributed by atoms with Gasteiger partial charge in [0.2, 0.25) is 5.91 Å². The first kappa shape index (κ1) is 13.9. The van der Waals surface area contributed by atoms with Gasteiger partial charge in [0.1, 0.15) is 6.04 Å². The van der Waals surface area contributed by atoms with E-state index < -0.39 is 12.0 Å². The largest absolute Gasteiger partial charge is 0.480 e. The Labute approximate surface area is 101 Å². The molecule has 1 aliphatic rings. The van der Waals surface area contributed by atoms with Crippen LogP contribution in [-0.4, -0.2) is 48.8 Å². The third kappa shape index (κ3) is 4.70. The van der Waals surface area contributed by atoms with Crippen molar-refractivity contribution in [2.24, 2.45) is 5.92 Å². The van der Waals surface area contributed by atoms with Crippen LogP contribution in [0.1, 0.15) is 20.3 Å². The van der Waals surface area contributed by atoms with Crippen LogP contribution in [0.2, 0.25) is 0 Å². The minimum absolute atomic E-state index is 0.0228. The van der Waals surface area contributed by atoms with Crippen LogP contribution in [0.15, 0.2) is 0 Å². The number of rotatable bonds is 5. The van der Waals surface area contributed by atoms with Crippen molar-refractivity contribution in [1.29, 1.82) is 0 Å². The number of hydrogen-bond donors (Lipinski definition) is 3. The zero-order chi connectivity index (χ0) is 12.8. The van der Waals surface area contributed by atoms with Crippen molar-refractivity contribution < 1.29 is 19.4 Å². The summed E-state index contributed by atoms with van der Waals surface area (Å²) in [7, 11) is 0. The van der Waals surface area contributed by atoms with Gasteiger partial charge in [-0.15, -0.1) is 0 Å². The highest BCUT2D eigenvalue weighted by molar-refractivity contribution is 5.84. The first-order chi connectivity index (χ1) is 8.00. The zero-order valence-corrected chi connectivity index (χ0v) is 10.2. The van der Waals surface area contributed by atoms with E-state index in [1.165, 1.54) is 0 Å². The highest BCUT2D eigenvalue weighted by atomic mass is 16.5. The van der Waals surface area contributed by atoms with Gasteiger partial charge in [0.05, 0.1) is 13.2 Å². The Bertz CT molecular complexity index is 275. The molecule has 3 N–H and O–H groups in total. The maximum absolute atomic E-state index is 11.7. The number of carboxylic acids is 1. The summed E-state index contributed by atoms with van der Waals surface area (Å²) < 4.78 is 5.22. The van der Waals surface area contributed by atoms with Crippen LogP contribution >= 0.6 is 0 Å². The van der Waals surface area contributed by atoms with Gasteiger partial charge in [-0.25, -0.2) is 4.79 Å². The maximum atomic E-state index is 11.7. The fourth-order valence-electron chi connectivity index (χ4n) is 1.72. The van der Waals surface area contributed by atoms with Gasteiger partial charge in [0.25, 0.3) is 0 Å². The molecule has 0 spiro atoms. The van der Waals surface area contributed by atoms with Gasteiger partial charge in [-0.1, -0.05) is 13.8 Å². The Morgan fingerprint density at radius 1 is 1.53 bits per heavy atom. The molecule has 1 rings (SSSR count). The van der Waals surface area contributed by atoms with Crippen LogP contribution in [0.5, 0.6) is 0 Å². The molecule has 2 unspecified atom stereocenters. The van der Waals surface area contributed by atoms with Gasteiger partial charge in [0.15, 0.2) is 0 Å². The molecular formula is C11H20N2O4. The molecule has 0 saturated carbocycles. The van der Waals surface area contributed by atoms with E-state index in [4.69, 9.17) is 9.84 Å². The highest BCUT2D eigenvalue weighted by Gasteiger charge is 2.25. The molecule has 98 valence electrons. The molecule has 0 aliphatic carbocycles. The lowest BCUT2D eigenvalue weighted by Crippen LogP contribution is -2.48. The fraction of sp³-hybridized carbons (Fsp3) is 0.818. The summed E-state index contributed by atoms with van der Waals surface area (Å²) in [5, 5.41) is 14.6. The predicted molar refractivity (Wildman–Crippen MR) is 61.6 cm³/mol. The second-order valence-electron chi connectivity index (χ2n) is 4.56. The molecule has 1 heterocycles. The summed E-state index contributed by atoms with van der Waals surface area (Å²) in [6, 6.07) is -0.850. The SMILES string of the molecule is CC(C)C(NC(=O)CC1COCCN1)C(=O)O. The molecule has 0 aromatic heterocycles. The summed E-state index contributed by atoms with van der Waals surface area (Å²) in [6.45, 7) is 5.40. The van der Waals surface area contributed by atoms with Crippen LogP contribution in [0.4, 0.5) is 0 Å². The van der Waals surface area contributed by atoms with Crippen LogP contribution in [-0.2, 0) is 14.3 Å². The van der Waals surface area contributed by atoms with Crippen molar-refractivity contribution in [3.63, 3.8) is 0 Å². The summed E-state index contributed by atoms with van der Waals surface area (Å²) in [5.74, 6) is -1.39. The molecule has 6 nitrogen and oxygen atoms in total. The molecule has 1 aliphatic heterocycles. The zero-order valence-electron chi connectivity index (χ0n) is 10.2. The number of amides is 1. The Hall–Kier alpha value is -1.14. The number of ether oxygens (including phenoxy) is 1. The smallest absolute Gasteiger partial charge is 0.326 e. The molecular weight excluding hydrogens is 224 g/mol. The van der Waals surface area contributed by atoms with Crippen LogP contribution in [0, 0.1) is 5.92 Å². The van der Waals surface area contributed by atoms with Crippen molar-refractivity contribution in [3.8, 4) is 0 Å². The maximum Gasteiger partial charge on any atom is 0.326 e. The third-order valence-electron chi connectivity index (χ3n) is 2.68. The van der Waals surface area contributed by atoms with Crippen LogP contribution in [0.3, 0.4) is 0 Å². The van der Waals surface area contributed by atoms with Gasteiger partial charge in [-0.3, -0.25) is 4.79 Å². The lowest BCUT2D eigenvalue weighted by atomic mass is 10.0. The molecule has 0 aromatic rings. The summed E-state index contributed by atoms with van der Waals surface area (Å²) in [4.78, 5) is 22.6. The Morgan fingerprint density at radius 2 is 2.24 bits per heavy atom. The number of nitrogens with one attached hydrogen (secondary N) is 2. The van der Waals surface area contributed by atoms with E-state index in [1.54, 1.807) is 13.8 Å². The summed E-state index contributed by atoms with van der Waals surface area (Å²) in [6.07, 6.45) is 0.247. The van der Waals surface area contributed by atoms with Gasteiger partial charge >= 0.3 is 5.97 Å². The molecule has 6 heteroatoms. The minimum atomic E-state index is -0.999. The van der Waals surface area contributed by atoms with Crippen LogP contribution < -0.4 is 10.6 Å². The van der Waals surface area contributed by atoms with Gasteiger partial charge in [-0.2, -0.15) is 0 Å². The lowest BCUT2D eigenvalue weighted by Gasteiger charge is -2.24. The van der Waals surface area contributed by atoms with Gasteiger partial charge in [-0.05, 0) is 5.92 Å². The van der Waals surface area contributed by atoms with Crippen molar-refractivity contribution in [3.05, 3.63) is 0 Å². The normalized spacial score (nSPS) is 22.2. The standard InChI is InChI=1S/C11H20N2O4/c1-7(2)10(11(15)16)13-9(14)5-8-6-17-4-3-12-8/h7-8,10,12H,3-6H2,1-2H3,(H,13,14)(H,15,16). The Kier molecular flexibility index (Phi) is 5.37. The molecule has 2 atom stereocenters. The molecule has 1 saturated heterocycles. The number of morpholine rings is 1. The fourth-order valence-corrected chi connectivity index (χ4v) is 1.72. The van der Waals surface area contributed by atoms with E-state index in [0.29, 0.717) is 13.2 Å². The second kappa shape index (κ2) is 6.56. The van der Waals surface area contributed by atoms with E-state index in [1.807, 2.05) is 0 Å². The van der Waals surface area contributed by atoms with Crippen LogP contribution in [0.25, 0.3) is 0 Å². The van der Waals surface area contributed by atoms with E-state index in [2.05, 4.69) is 10.6 Å². The highest BCUT2D eigenvalue weighted by Crippen LogP contribution is 2.04. The number of aliphatic carboxylic acids is 1. The first-order valence-corrected chi connectivity index (χ1v) is 5.84. The van der Waals surface area contributed by atoms with Crippen molar-refractivity contribution in [2.75, 3.05) is 19.8 Å². The Balaban J connectivity index is 2.38. The number of carbonyl (C=O) groups is 2. The van der Waals surface area contributed by atoms with Gasteiger partial charge < -0.3 is 20.5 Å². The number of carbonyl (C=O) groups excluding carboxylic acids is 1. The van der Waals surface area contributed by atoms with E-state index in [0.717, 1.165) is 6.54 Å². The van der Waals surface area contributed by atoms with E-state index in [9.17, 15) is 9.59 Å². The number of carboxylic acid groups (broad SMARTS) is 1. The number of hydrogen-bond acceptors (Lipinski definition) is 4. The summed E-state index contributed by atoms with van der Waals surface area (Å²) >= 11 is 0. The lowest BCUT2D eigenvalue weighted by molar-refractivity contribution is -0.143. The molecule has 0 radical (unpaired) electrons. The van der Waals surface area contributed by atoms with E-state index >= 15 is 0 Å². The molecule has 1 fully saturated rings. The average molecular weight is 244 g/mol. The molecule has 0 bridgehead atoms. The second-order valence-corrected chi connectivity index (χ2v) is 4.56. The van der Waals surface area contributed by atoms with Crippen molar-refractivity contribution in [1.82, 2.24) is 10.6 Å². The van der Waals surface area contributed by atoms with Crippen molar-refractivity contribution in [2.45, 2.75) is 32.4 Å². The first-order valence-electron chi connectivity index (χ1n) is 5.84. The quantitative estimate of drug-likeness (QED) is 0.612. The van der Waals surface area contributed by atoms with Crippen molar-refractivity contribution >= 4 is 11.9 Å². The van der Waals surface area contributed by atoms with E-state index in [-0.39, 0.29) is 24.3 Å². The van der Waals surface area contributed by atoms with Gasteiger partial charge in [0, 0.05) is 19.0 Å². The summed E-state index contributed by atoms with van der Waals surface area (Å²) in [5.41, 5.74) is 0. The Morgan fingerprint density at radius 3 is 2.71 bits per heavy atom. The monoisotopic (exact) mass is 244 g/mol. The minimum Gasteiger partial charge on any atom is -0.480 e. The topological polar surface area (TPSA) is 87.7 Å². The third-order valence-corrected chi connectivity index (χ3v) is 2.68. The average Bonchev–Trinajstić information content (AvgIpc) is 2.26.